The molecule has 7 nitrogen and oxygen atoms in total. The van der Waals surface area contributed by atoms with E-state index in [1.807, 2.05) is 5.01 Å². The first-order valence-corrected chi connectivity index (χ1v) is 5.74. The van der Waals surface area contributed by atoms with Gasteiger partial charge >= 0.3 is 0 Å². The number of hydrogen-bond donors (Lipinski definition) is 1. The third kappa shape index (κ3) is 1.68. The van der Waals surface area contributed by atoms with Crippen molar-refractivity contribution in [2.24, 2.45) is 5.73 Å². The van der Waals surface area contributed by atoms with Gasteiger partial charge in [-0.25, -0.2) is 4.98 Å². The number of primary amides is 1. The van der Waals surface area contributed by atoms with Crippen LogP contribution in [-0.4, -0.2) is 47.1 Å². The number of hydrogen-bond acceptors (Lipinski definition) is 5. The minimum Gasteiger partial charge on any atom is -0.378 e. The molecule has 0 saturated carbocycles. The Bertz CT molecular complexity index is 588. The van der Waals surface area contributed by atoms with E-state index in [0.29, 0.717) is 37.3 Å². The molecule has 0 aliphatic carbocycles. The molecule has 7 heteroatoms. The van der Waals surface area contributed by atoms with E-state index in [-0.39, 0.29) is 5.69 Å². The molecule has 2 aromatic rings. The van der Waals surface area contributed by atoms with Gasteiger partial charge in [-0.2, -0.15) is 4.79 Å². The number of rotatable bonds is 2. The van der Waals surface area contributed by atoms with Crippen molar-refractivity contribution in [2.75, 3.05) is 31.3 Å². The van der Waals surface area contributed by atoms with Gasteiger partial charge in [0.05, 0.1) is 31.7 Å². The Labute approximate surface area is 103 Å². The van der Waals surface area contributed by atoms with E-state index in [0.717, 1.165) is 0 Å². The number of nitrogens with two attached hydrogens (primary N) is 1. The minimum atomic E-state index is -0.542. The maximum Gasteiger partial charge on any atom is 0.269 e. The van der Waals surface area contributed by atoms with Gasteiger partial charge in [-0.3, -0.25) is 9.80 Å². The smallest absolute Gasteiger partial charge is 0.269 e. The van der Waals surface area contributed by atoms with Gasteiger partial charge in [-0.15, -0.1) is 5.10 Å². The fourth-order valence-corrected chi connectivity index (χ4v) is 2.06. The van der Waals surface area contributed by atoms with Gasteiger partial charge < -0.3 is 10.5 Å². The second-order valence-corrected chi connectivity index (χ2v) is 4.04. The van der Waals surface area contributed by atoms with Crippen molar-refractivity contribution in [1.29, 1.82) is 0 Å². The van der Waals surface area contributed by atoms with E-state index >= 15 is 0 Å². The van der Waals surface area contributed by atoms with Crippen LogP contribution < -0.4 is 10.7 Å². The van der Waals surface area contributed by atoms with Crippen molar-refractivity contribution in [3.8, 4) is 0 Å². The maximum absolute atomic E-state index is 11.4. The van der Waals surface area contributed by atoms with Crippen molar-refractivity contribution >= 4 is 16.9 Å². The van der Waals surface area contributed by atoms with Gasteiger partial charge in [-0.05, 0) is 12.1 Å². The largest absolute Gasteiger partial charge is 0.378 e. The first-order valence-electron chi connectivity index (χ1n) is 5.74. The van der Waals surface area contributed by atoms with Crippen LogP contribution in [0.4, 0.5) is 0 Å². The predicted octanol–water partition coefficient (Wildman–Crippen LogP) is -0.502. The van der Waals surface area contributed by atoms with Crippen molar-refractivity contribution < 1.29 is 9.53 Å². The lowest BCUT2D eigenvalue weighted by Crippen LogP contribution is -2.44. The Balaban J connectivity index is 2.13. The van der Waals surface area contributed by atoms with Crippen molar-refractivity contribution in [3.05, 3.63) is 24.0 Å². The topological polar surface area (TPSA) is 86.3 Å². The number of carbonyl (C=O) groups is 1. The average Bonchev–Trinajstić information content (AvgIpc) is 2.79. The second kappa shape index (κ2) is 4.26. The van der Waals surface area contributed by atoms with Crippen LogP contribution in [0.2, 0.25) is 0 Å². The molecular weight excluding hydrogens is 234 g/mol. The number of fused-ring (bicyclic) bond motifs is 1. The molecule has 0 atom stereocenters. The number of carbonyl (C=O) groups excluding carboxylic acids is 1. The highest BCUT2D eigenvalue weighted by Crippen LogP contribution is 2.16. The van der Waals surface area contributed by atoms with Crippen molar-refractivity contribution in [1.82, 2.24) is 14.9 Å². The molecule has 1 aliphatic rings. The monoisotopic (exact) mass is 247 g/mol. The summed E-state index contributed by atoms with van der Waals surface area (Å²) >= 11 is 0. The van der Waals surface area contributed by atoms with Crippen LogP contribution in [0.15, 0.2) is 18.3 Å². The maximum atomic E-state index is 11.4. The normalized spacial score (nSPS) is 16.1. The molecule has 2 aromatic heterocycles. The predicted molar refractivity (Wildman–Crippen MR) is 64.8 cm³/mol. The van der Waals surface area contributed by atoms with Gasteiger partial charge in [0.25, 0.3) is 5.91 Å². The first kappa shape index (κ1) is 11.0. The van der Waals surface area contributed by atoms with Crippen LogP contribution in [0.1, 0.15) is 10.5 Å². The highest BCUT2D eigenvalue weighted by molar-refractivity contribution is 6.03. The van der Waals surface area contributed by atoms with E-state index in [2.05, 4.69) is 10.1 Å². The van der Waals surface area contributed by atoms with Crippen molar-refractivity contribution in [2.45, 2.75) is 0 Å². The lowest BCUT2D eigenvalue weighted by Gasteiger charge is -2.28. The number of aromatic nitrogens is 3. The van der Waals surface area contributed by atoms with Crippen molar-refractivity contribution in [3.63, 3.8) is 0 Å². The zero-order chi connectivity index (χ0) is 12.5. The minimum absolute atomic E-state index is 0.254. The third-order valence-corrected chi connectivity index (χ3v) is 2.91. The lowest BCUT2D eigenvalue weighted by atomic mass is 10.2. The third-order valence-electron chi connectivity index (χ3n) is 2.91. The summed E-state index contributed by atoms with van der Waals surface area (Å²) in [5.41, 5.74) is 6.24. The quantitative estimate of drug-likeness (QED) is 0.773. The molecule has 1 saturated heterocycles. The zero-order valence-corrected chi connectivity index (χ0v) is 9.74. The Hall–Kier alpha value is -2.15. The van der Waals surface area contributed by atoms with Crippen LogP contribution in [0, 0.1) is 0 Å². The van der Waals surface area contributed by atoms with Gasteiger partial charge in [-0.1, -0.05) is 0 Å². The molecule has 1 fully saturated rings. The SMILES string of the molecule is NC(=O)c1nn(N2CCOCC2)c2ncccc12. The highest BCUT2D eigenvalue weighted by atomic mass is 16.5. The zero-order valence-electron chi connectivity index (χ0n) is 9.74. The molecule has 3 rings (SSSR count). The number of amides is 1. The van der Waals surface area contributed by atoms with E-state index in [1.165, 1.54) is 0 Å². The summed E-state index contributed by atoms with van der Waals surface area (Å²) in [6.45, 7) is 2.71. The number of morpholine rings is 1. The number of ether oxygens (including phenoxy) is 1. The summed E-state index contributed by atoms with van der Waals surface area (Å²) in [6, 6.07) is 3.56. The molecule has 0 radical (unpaired) electrons. The van der Waals surface area contributed by atoms with E-state index < -0.39 is 5.91 Å². The van der Waals surface area contributed by atoms with Crippen LogP contribution in [-0.2, 0) is 4.74 Å². The van der Waals surface area contributed by atoms with Gasteiger partial charge in [0.1, 0.15) is 0 Å². The Kier molecular flexibility index (Phi) is 2.60. The van der Waals surface area contributed by atoms with Gasteiger partial charge in [0.15, 0.2) is 11.3 Å². The standard InChI is InChI=1S/C11H13N5O2/c12-10(17)9-8-2-1-3-13-11(8)16(14-9)15-4-6-18-7-5-15/h1-3H,4-7H2,(H2,12,17). The molecule has 94 valence electrons. The number of pyridine rings is 1. The van der Waals surface area contributed by atoms with Gasteiger partial charge in [0.2, 0.25) is 0 Å². The fourth-order valence-electron chi connectivity index (χ4n) is 2.06. The molecule has 1 aliphatic heterocycles. The Morgan fingerprint density at radius 1 is 1.39 bits per heavy atom. The second-order valence-electron chi connectivity index (χ2n) is 4.04. The molecular formula is C11H13N5O2. The summed E-state index contributed by atoms with van der Waals surface area (Å²) in [5, 5.41) is 6.93. The molecule has 18 heavy (non-hydrogen) atoms. The Morgan fingerprint density at radius 3 is 2.89 bits per heavy atom. The summed E-state index contributed by atoms with van der Waals surface area (Å²) in [4.78, 5) is 17.3. The molecule has 0 aromatic carbocycles. The summed E-state index contributed by atoms with van der Waals surface area (Å²) in [5.74, 6) is -0.542. The summed E-state index contributed by atoms with van der Waals surface area (Å²) in [7, 11) is 0. The summed E-state index contributed by atoms with van der Waals surface area (Å²) < 4.78 is 5.29. The Morgan fingerprint density at radius 2 is 2.17 bits per heavy atom. The van der Waals surface area contributed by atoms with Crippen LogP contribution in [0.3, 0.4) is 0 Å². The molecule has 0 unspecified atom stereocenters. The van der Waals surface area contributed by atoms with Crippen LogP contribution >= 0.6 is 0 Å². The number of nitrogens with zero attached hydrogens (tertiary/aromatic N) is 4. The molecule has 2 N–H and O–H groups in total. The van der Waals surface area contributed by atoms with Crippen LogP contribution in [0.25, 0.3) is 11.0 Å². The van der Waals surface area contributed by atoms with E-state index in [1.54, 1.807) is 23.1 Å². The average molecular weight is 247 g/mol. The molecule has 0 spiro atoms. The van der Waals surface area contributed by atoms with E-state index in [9.17, 15) is 4.79 Å². The highest BCUT2D eigenvalue weighted by Gasteiger charge is 2.20. The van der Waals surface area contributed by atoms with Crippen LogP contribution in [0.5, 0.6) is 0 Å². The molecule has 3 heterocycles. The van der Waals surface area contributed by atoms with E-state index in [4.69, 9.17) is 10.5 Å². The summed E-state index contributed by atoms with van der Waals surface area (Å²) in [6.07, 6.45) is 1.67. The van der Waals surface area contributed by atoms with Gasteiger partial charge in [0, 0.05) is 6.20 Å². The fraction of sp³-hybridized carbons (Fsp3) is 0.364. The molecule has 0 bridgehead atoms. The first-order chi connectivity index (χ1) is 8.77. The lowest BCUT2D eigenvalue weighted by molar-refractivity contribution is 0.0993. The molecule has 1 amide bonds.